The summed E-state index contributed by atoms with van der Waals surface area (Å²) in [6.07, 6.45) is 0. The third-order valence-corrected chi connectivity index (χ3v) is 4.35. The first-order chi connectivity index (χ1) is 10.6. The summed E-state index contributed by atoms with van der Waals surface area (Å²) in [5.41, 5.74) is 8.20. The van der Waals surface area contributed by atoms with Crippen molar-refractivity contribution in [2.24, 2.45) is 10.2 Å². The van der Waals surface area contributed by atoms with Gasteiger partial charge in [0.05, 0.1) is 16.3 Å². The normalized spacial score (nSPS) is 12.0. The zero-order valence-electron chi connectivity index (χ0n) is 12.9. The maximum atomic E-state index is 11.3. The highest BCUT2D eigenvalue weighted by Gasteiger charge is 2.10. The Morgan fingerprint density at radius 1 is 0.957 bits per heavy atom. The van der Waals surface area contributed by atoms with E-state index < -0.39 is 10.1 Å². The van der Waals surface area contributed by atoms with Gasteiger partial charge >= 0.3 is 0 Å². The minimum atomic E-state index is -4.59. The van der Waals surface area contributed by atoms with Crippen LogP contribution in [0.1, 0.15) is 16.7 Å². The number of nitrogens with two attached hydrogens (primary N) is 1. The monoisotopic (exact) mass is 334 g/mol. The van der Waals surface area contributed by atoms with Crippen molar-refractivity contribution in [3.05, 3.63) is 41.0 Å². The maximum absolute atomic E-state index is 11.3. The average molecular weight is 334 g/mol. The van der Waals surface area contributed by atoms with Gasteiger partial charge in [0, 0.05) is 6.07 Å². The number of rotatable bonds is 3. The molecule has 23 heavy (non-hydrogen) atoms. The van der Waals surface area contributed by atoms with Crippen molar-refractivity contribution in [1.29, 1.82) is 0 Å². The minimum absolute atomic E-state index is 0.0488. The Hall–Kier alpha value is -2.45. The lowest BCUT2D eigenvalue weighted by atomic mass is 10.1. The molecule has 122 valence electrons. The van der Waals surface area contributed by atoms with Crippen molar-refractivity contribution in [2.45, 2.75) is 25.7 Å². The number of nitrogens with zero attached hydrogens (tertiary/aromatic N) is 2. The van der Waals surface area contributed by atoms with Gasteiger partial charge in [0.15, 0.2) is 0 Å². The Morgan fingerprint density at radius 2 is 1.57 bits per heavy atom. The van der Waals surface area contributed by atoms with Crippen LogP contribution in [0.4, 0.5) is 17.1 Å². The Balaban J connectivity index is 2.50. The molecule has 8 heteroatoms. The first-order valence-corrected chi connectivity index (χ1v) is 8.08. The third kappa shape index (κ3) is 3.66. The lowest BCUT2D eigenvalue weighted by Gasteiger charge is -2.12. The topological polar surface area (TPSA) is 128 Å². The molecule has 0 aromatic heterocycles. The fraction of sp³-hybridized carbons (Fsp3) is 0.200. The van der Waals surface area contributed by atoms with Gasteiger partial charge in [0.1, 0.15) is 21.6 Å². The van der Waals surface area contributed by atoms with Gasteiger partial charge in [-0.3, -0.25) is 0 Å². The molecule has 0 fully saturated rings. The second-order valence-electron chi connectivity index (χ2n) is 5.26. The van der Waals surface area contributed by atoms with E-state index in [0.717, 1.165) is 0 Å². The van der Waals surface area contributed by atoms with E-state index in [2.05, 4.69) is 10.2 Å². The zero-order chi connectivity index (χ0) is 17.4. The highest BCUT2D eigenvalue weighted by Crippen LogP contribution is 2.32. The van der Waals surface area contributed by atoms with E-state index >= 15 is 0 Å². The van der Waals surface area contributed by atoms with Crippen LogP contribution in [0.2, 0.25) is 0 Å². The summed E-state index contributed by atoms with van der Waals surface area (Å²) in [6, 6.07) is 5.67. The van der Waals surface area contributed by atoms with Gasteiger partial charge in [0.25, 0.3) is 0 Å². The predicted molar refractivity (Wildman–Crippen MR) is 85.3 cm³/mol. The lowest BCUT2D eigenvalue weighted by Crippen LogP contribution is -2.01. The van der Waals surface area contributed by atoms with E-state index in [1.807, 2.05) is 0 Å². The second-order valence-corrected chi connectivity index (χ2v) is 6.60. The summed E-state index contributed by atoms with van der Waals surface area (Å²) in [5.74, 6) is 0.0488. The molecule has 0 amide bonds. The summed E-state index contributed by atoms with van der Waals surface area (Å²) in [5, 5.41) is 17.5. The van der Waals surface area contributed by atoms with Gasteiger partial charge in [0.2, 0.25) is 0 Å². The van der Waals surface area contributed by atoms with Crippen LogP contribution >= 0.6 is 0 Å². The van der Waals surface area contributed by atoms with Gasteiger partial charge in [-0.2, -0.15) is 5.11 Å². The number of anilines is 1. The Kier molecular flexibility index (Phi) is 4.39. The first-order valence-electron chi connectivity index (χ1n) is 6.67. The molecular weight excluding hydrogens is 318 g/mol. The van der Waals surface area contributed by atoms with Crippen molar-refractivity contribution < 1.29 is 18.1 Å². The fourth-order valence-corrected chi connectivity index (χ4v) is 2.80. The Bertz CT molecular complexity index is 905. The maximum Gasteiger partial charge on any atom is 0.124 e. The van der Waals surface area contributed by atoms with E-state index in [4.69, 9.17) is 5.73 Å². The highest BCUT2D eigenvalue weighted by molar-refractivity contribution is 7.85. The molecule has 3 N–H and O–H groups in total. The van der Waals surface area contributed by atoms with Gasteiger partial charge in [-0.25, -0.2) is 8.42 Å². The predicted octanol–water partition coefficient (Wildman–Crippen LogP) is 3.22. The number of benzene rings is 2. The molecule has 2 rings (SSSR count). The molecule has 0 aliphatic heterocycles. The second kappa shape index (κ2) is 5.98. The van der Waals surface area contributed by atoms with Crippen LogP contribution in [0.15, 0.2) is 39.4 Å². The van der Waals surface area contributed by atoms with Crippen molar-refractivity contribution in [1.82, 2.24) is 0 Å². The molecule has 2 aromatic carbocycles. The molecule has 2 aromatic rings. The smallest absolute Gasteiger partial charge is 0.124 e. The number of hydrogen-bond acceptors (Lipinski definition) is 7. The van der Waals surface area contributed by atoms with Crippen LogP contribution < -0.4 is 5.73 Å². The zero-order valence-corrected chi connectivity index (χ0v) is 13.7. The fourth-order valence-electron chi connectivity index (χ4n) is 2.09. The van der Waals surface area contributed by atoms with E-state index in [9.17, 15) is 18.1 Å². The molecule has 0 unspecified atom stereocenters. The van der Waals surface area contributed by atoms with Crippen LogP contribution in [0.3, 0.4) is 0 Å². The molecule has 0 bridgehead atoms. The number of phenolic OH excluding ortho intramolecular Hbond substituents is 1. The lowest BCUT2D eigenvalue weighted by molar-refractivity contribution is 0.462. The summed E-state index contributed by atoms with van der Waals surface area (Å²) < 4.78 is 33.8. The number of nitrogen functional groups attached to an aromatic ring is 1. The van der Waals surface area contributed by atoms with Crippen LogP contribution in [-0.2, 0) is 10.1 Å². The number of hydrogen-bond donors (Lipinski definition) is 2. The third-order valence-electron chi connectivity index (χ3n) is 3.37. The molecule has 0 saturated carbocycles. The number of phenols is 1. The molecule has 0 aliphatic carbocycles. The molecule has 7 nitrogen and oxygen atoms in total. The van der Waals surface area contributed by atoms with Crippen LogP contribution in [-0.4, -0.2) is 18.1 Å². The summed E-state index contributed by atoms with van der Waals surface area (Å²) in [7, 11) is -4.59. The molecule has 0 aliphatic rings. The standard InChI is InChI=1S/C15H17N3O4S/c1-8-4-10(3)15(23(20,21)22)7-12(8)17-18-13-5-9(2)14(19)6-11(13)16/h4-7,19H,16H2,1-3H3,(H,20,21,22)/p-1. The number of aromatic hydroxyl groups is 1. The van der Waals surface area contributed by atoms with Gasteiger partial charge in [-0.15, -0.1) is 5.11 Å². The van der Waals surface area contributed by atoms with Crippen molar-refractivity contribution in [3.63, 3.8) is 0 Å². The summed E-state index contributed by atoms with van der Waals surface area (Å²) in [6.45, 7) is 4.96. The van der Waals surface area contributed by atoms with Gasteiger partial charge in [-0.1, -0.05) is 6.07 Å². The number of aryl methyl sites for hydroxylation is 3. The Labute approximate surface area is 134 Å². The highest BCUT2D eigenvalue weighted by atomic mass is 32.2. The van der Waals surface area contributed by atoms with Crippen LogP contribution in [0.5, 0.6) is 5.75 Å². The van der Waals surface area contributed by atoms with Gasteiger partial charge < -0.3 is 15.4 Å². The van der Waals surface area contributed by atoms with Gasteiger partial charge in [-0.05, 0) is 49.6 Å². The summed E-state index contributed by atoms with van der Waals surface area (Å²) >= 11 is 0. The van der Waals surface area contributed by atoms with E-state index in [0.29, 0.717) is 22.4 Å². The van der Waals surface area contributed by atoms with Crippen LogP contribution in [0, 0.1) is 20.8 Å². The SMILES string of the molecule is Cc1cc(N=Nc2cc(S(=O)(=O)[O-])c(C)cc2C)c(N)cc1O. The quantitative estimate of drug-likeness (QED) is 0.506. The summed E-state index contributed by atoms with van der Waals surface area (Å²) in [4.78, 5) is -0.327. The van der Waals surface area contributed by atoms with Crippen molar-refractivity contribution in [2.75, 3.05) is 5.73 Å². The van der Waals surface area contributed by atoms with Crippen molar-refractivity contribution >= 4 is 27.2 Å². The molecule has 0 atom stereocenters. The van der Waals surface area contributed by atoms with E-state index in [-0.39, 0.29) is 22.0 Å². The largest absolute Gasteiger partial charge is 0.744 e. The molecule has 0 radical (unpaired) electrons. The first kappa shape index (κ1) is 16.9. The van der Waals surface area contributed by atoms with Crippen molar-refractivity contribution in [3.8, 4) is 5.75 Å². The Morgan fingerprint density at radius 3 is 2.17 bits per heavy atom. The van der Waals surface area contributed by atoms with E-state index in [1.54, 1.807) is 32.9 Å². The molecule has 0 saturated heterocycles. The minimum Gasteiger partial charge on any atom is -0.744 e. The van der Waals surface area contributed by atoms with Crippen LogP contribution in [0.25, 0.3) is 0 Å². The molecule has 0 heterocycles. The molecular formula is C15H16N3O4S-. The van der Waals surface area contributed by atoms with E-state index in [1.165, 1.54) is 12.1 Å². The average Bonchev–Trinajstić information content (AvgIpc) is 2.41. The molecule has 0 spiro atoms. The number of azo groups is 1.